The van der Waals surface area contributed by atoms with Gasteiger partial charge in [-0.05, 0) is 24.3 Å². The number of non-ortho nitro benzene ring substituents is 1. The molecular formula is C18H14ClN5O4S. The number of carbonyl (C=O) groups excluding carboxylic acids is 2. The lowest BCUT2D eigenvalue weighted by molar-refractivity contribution is -0.384. The standard InChI is InChI=1S/C18H14ClN5O4S/c19-10-9-15(25)20-14-4-2-1-3-13(14)16(26)21-18-23-22-17(29-18)11-5-7-12(8-6-11)24(27)28/h1-8H,9-10H2,(H,20,25)(H,21,23,26). The van der Waals surface area contributed by atoms with Gasteiger partial charge in [-0.25, -0.2) is 0 Å². The predicted molar refractivity (Wildman–Crippen MR) is 110 cm³/mol. The molecule has 0 aliphatic heterocycles. The number of alkyl halides is 1. The minimum atomic E-state index is -0.487. The zero-order valence-corrected chi connectivity index (χ0v) is 16.4. The summed E-state index contributed by atoms with van der Waals surface area (Å²) in [4.78, 5) is 34.6. The van der Waals surface area contributed by atoms with Crippen LogP contribution in [-0.2, 0) is 4.79 Å². The minimum Gasteiger partial charge on any atom is -0.325 e. The molecule has 0 saturated carbocycles. The molecule has 0 fully saturated rings. The summed E-state index contributed by atoms with van der Waals surface area (Å²) < 4.78 is 0. The first-order valence-electron chi connectivity index (χ1n) is 8.32. The van der Waals surface area contributed by atoms with Crippen LogP contribution in [0.15, 0.2) is 48.5 Å². The zero-order chi connectivity index (χ0) is 20.8. The van der Waals surface area contributed by atoms with Crippen molar-refractivity contribution in [3.63, 3.8) is 0 Å². The van der Waals surface area contributed by atoms with Crippen LogP contribution in [0.1, 0.15) is 16.8 Å². The molecule has 9 nitrogen and oxygen atoms in total. The number of carbonyl (C=O) groups is 2. The molecular weight excluding hydrogens is 418 g/mol. The van der Waals surface area contributed by atoms with E-state index in [9.17, 15) is 19.7 Å². The molecule has 2 amide bonds. The average molecular weight is 432 g/mol. The van der Waals surface area contributed by atoms with Gasteiger partial charge in [-0.3, -0.25) is 25.0 Å². The van der Waals surface area contributed by atoms with Crippen molar-refractivity contribution in [3.05, 3.63) is 64.2 Å². The number of hydrogen-bond acceptors (Lipinski definition) is 7. The molecule has 1 heterocycles. The second kappa shape index (κ2) is 9.22. The number of amides is 2. The molecule has 0 atom stereocenters. The van der Waals surface area contributed by atoms with Crippen molar-refractivity contribution in [2.45, 2.75) is 6.42 Å². The molecule has 11 heteroatoms. The molecule has 3 rings (SSSR count). The largest absolute Gasteiger partial charge is 0.325 e. The number of nitro groups is 1. The number of anilines is 2. The highest BCUT2D eigenvalue weighted by Crippen LogP contribution is 2.28. The molecule has 1 aromatic heterocycles. The van der Waals surface area contributed by atoms with E-state index < -0.39 is 10.8 Å². The van der Waals surface area contributed by atoms with Crippen LogP contribution in [0.2, 0.25) is 0 Å². The van der Waals surface area contributed by atoms with Crippen molar-refractivity contribution in [2.24, 2.45) is 0 Å². The van der Waals surface area contributed by atoms with Crippen molar-refractivity contribution in [1.29, 1.82) is 0 Å². The Balaban J connectivity index is 1.74. The molecule has 0 bridgehead atoms. The van der Waals surface area contributed by atoms with Crippen LogP contribution in [0.25, 0.3) is 10.6 Å². The molecule has 0 unspecified atom stereocenters. The maximum absolute atomic E-state index is 12.6. The smallest absolute Gasteiger partial charge is 0.269 e. The summed E-state index contributed by atoms with van der Waals surface area (Å²) in [5, 5.41) is 24.7. The van der Waals surface area contributed by atoms with Crippen molar-refractivity contribution in [2.75, 3.05) is 16.5 Å². The summed E-state index contributed by atoms with van der Waals surface area (Å²) in [5.74, 6) is -0.578. The lowest BCUT2D eigenvalue weighted by atomic mass is 10.1. The topological polar surface area (TPSA) is 127 Å². The molecule has 29 heavy (non-hydrogen) atoms. The normalized spacial score (nSPS) is 10.4. The molecule has 0 aliphatic carbocycles. The second-order valence-corrected chi connectivity index (χ2v) is 7.06. The lowest BCUT2D eigenvalue weighted by Gasteiger charge is -2.09. The van der Waals surface area contributed by atoms with Gasteiger partial charge in [-0.2, -0.15) is 0 Å². The van der Waals surface area contributed by atoms with E-state index in [2.05, 4.69) is 20.8 Å². The van der Waals surface area contributed by atoms with E-state index in [4.69, 9.17) is 11.6 Å². The number of nitrogens with one attached hydrogen (secondary N) is 2. The lowest BCUT2D eigenvalue weighted by Crippen LogP contribution is -2.18. The Hall–Kier alpha value is -3.37. The summed E-state index contributed by atoms with van der Waals surface area (Å²) >= 11 is 6.68. The summed E-state index contributed by atoms with van der Waals surface area (Å²) in [7, 11) is 0. The number of aromatic nitrogens is 2. The average Bonchev–Trinajstić information content (AvgIpc) is 3.17. The Morgan fingerprint density at radius 1 is 1.07 bits per heavy atom. The van der Waals surface area contributed by atoms with Gasteiger partial charge in [0.2, 0.25) is 11.0 Å². The first-order chi connectivity index (χ1) is 14.0. The highest BCUT2D eigenvalue weighted by Gasteiger charge is 2.16. The summed E-state index contributed by atoms with van der Waals surface area (Å²) in [6, 6.07) is 12.4. The Bertz CT molecular complexity index is 1050. The predicted octanol–water partition coefficient (Wildman–Crippen LogP) is 3.93. The van der Waals surface area contributed by atoms with E-state index in [1.165, 1.54) is 12.1 Å². The van der Waals surface area contributed by atoms with Crippen LogP contribution in [-0.4, -0.2) is 32.8 Å². The Kier molecular flexibility index (Phi) is 6.47. The van der Waals surface area contributed by atoms with Crippen LogP contribution in [0.3, 0.4) is 0 Å². The van der Waals surface area contributed by atoms with Gasteiger partial charge < -0.3 is 5.32 Å². The van der Waals surface area contributed by atoms with Gasteiger partial charge in [0.1, 0.15) is 5.01 Å². The van der Waals surface area contributed by atoms with Gasteiger partial charge in [0.15, 0.2) is 0 Å². The number of rotatable bonds is 7. The summed E-state index contributed by atoms with van der Waals surface area (Å²) in [6.07, 6.45) is 0.131. The van der Waals surface area contributed by atoms with E-state index >= 15 is 0 Å². The first kappa shape index (κ1) is 20.4. The van der Waals surface area contributed by atoms with E-state index in [1.807, 2.05) is 0 Å². The van der Waals surface area contributed by atoms with Gasteiger partial charge in [0, 0.05) is 30.0 Å². The molecule has 0 saturated heterocycles. The van der Waals surface area contributed by atoms with Gasteiger partial charge in [0.05, 0.1) is 16.2 Å². The first-order valence-corrected chi connectivity index (χ1v) is 9.67. The fourth-order valence-corrected chi connectivity index (χ4v) is 3.28. The van der Waals surface area contributed by atoms with E-state index in [0.29, 0.717) is 16.3 Å². The fourth-order valence-electron chi connectivity index (χ4n) is 2.37. The Morgan fingerprint density at radius 3 is 2.48 bits per heavy atom. The molecule has 2 N–H and O–H groups in total. The molecule has 0 aliphatic rings. The van der Waals surface area contributed by atoms with E-state index in [0.717, 1.165) is 11.3 Å². The van der Waals surface area contributed by atoms with Gasteiger partial charge >= 0.3 is 0 Å². The van der Waals surface area contributed by atoms with Gasteiger partial charge in [-0.15, -0.1) is 21.8 Å². The molecule has 2 aromatic carbocycles. The van der Waals surface area contributed by atoms with Crippen molar-refractivity contribution in [3.8, 4) is 10.6 Å². The molecule has 148 valence electrons. The Labute approximate surface area is 173 Å². The summed E-state index contributed by atoms with van der Waals surface area (Å²) in [5.41, 5.74) is 1.24. The van der Waals surface area contributed by atoms with E-state index in [1.54, 1.807) is 36.4 Å². The zero-order valence-electron chi connectivity index (χ0n) is 14.8. The SMILES string of the molecule is O=C(CCCl)Nc1ccccc1C(=O)Nc1nnc(-c2ccc([N+](=O)[O-])cc2)s1. The number of nitro benzene ring substituents is 1. The maximum Gasteiger partial charge on any atom is 0.269 e. The third-order valence-corrected chi connectivity index (χ3v) is 4.81. The quantitative estimate of drug-likeness (QED) is 0.331. The van der Waals surface area contributed by atoms with Crippen molar-refractivity contribution >= 4 is 51.3 Å². The van der Waals surface area contributed by atoms with Crippen LogP contribution in [0.4, 0.5) is 16.5 Å². The maximum atomic E-state index is 12.6. The minimum absolute atomic E-state index is 0.0281. The number of para-hydroxylation sites is 1. The van der Waals surface area contributed by atoms with Gasteiger partial charge in [-0.1, -0.05) is 23.5 Å². The fraction of sp³-hybridized carbons (Fsp3) is 0.111. The highest BCUT2D eigenvalue weighted by atomic mass is 35.5. The van der Waals surface area contributed by atoms with Crippen LogP contribution >= 0.6 is 22.9 Å². The highest BCUT2D eigenvalue weighted by molar-refractivity contribution is 7.18. The third kappa shape index (κ3) is 5.12. The number of nitrogens with zero attached hydrogens (tertiary/aromatic N) is 3. The van der Waals surface area contributed by atoms with Crippen LogP contribution < -0.4 is 10.6 Å². The van der Waals surface area contributed by atoms with Crippen molar-refractivity contribution < 1.29 is 14.5 Å². The number of halogens is 1. The molecule has 0 radical (unpaired) electrons. The van der Waals surface area contributed by atoms with Crippen molar-refractivity contribution in [1.82, 2.24) is 10.2 Å². The van der Waals surface area contributed by atoms with Crippen LogP contribution in [0.5, 0.6) is 0 Å². The monoisotopic (exact) mass is 431 g/mol. The van der Waals surface area contributed by atoms with E-state index in [-0.39, 0.29) is 34.6 Å². The van der Waals surface area contributed by atoms with Crippen LogP contribution in [0, 0.1) is 10.1 Å². The third-order valence-electron chi connectivity index (χ3n) is 3.74. The number of benzene rings is 2. The van der Waals surface area contributed by atoms with Gasteiger partial charge in [0.25, 0.3) is 11.6 Å². The molecule has 3 aromatic rings. The Morgan fingerprint density at radius 2 is 1.79 bits per heavy atom. The number of hydrogen-bond donors (Lipinski definition) is 2. The second-order valence-electron chi connectivity index (χ2n) is 5.70. The molecule has 0 spiro atoms. The summed E-state index contributed by atoms with van der Waals surface area (Å²) in [6.45, 7) is 0.